The number of carbonyl (C=O) groups is 2. The first-order valence-electron chi connectivity index (χ1n) is 7.19. The quantitative estimate of drug-likeness (QED) is 0.680. The lowest BCUT2D eigenvalue weighted by Gasteiger charge is -2.18. The van der Waals surface area contributed by atoms with E-state index in [1.165, 1.54) is 0 Å². The molecule has 0 aromatic heterocycles. The highest BCUT2D eigenvalue weighted by Gasteiger charge is 2.21. The van der Waals surface area contributed by atoms with E-state index in [4.69, 9.17) is 5.11 Å². The summed E-state index contributed by atoms with van der Waals surface area (Å²) in [6, 6.07) is 9.23. The highest BCUT2D eigenvalue weighted by atomic mass is 16.4. The number of benzene rings is 1. The molecule has 1 rings (SSSR count). The summed E-state index contributed by atoms with van der Waals surface area (Å²) in [4.78, 5) is 22.8. The minimum absolute atomic E-state index is 0.0106. The first-order valence-corrected chi connectivity index (χ1v) is 7.19. The van der Waals surface area contributed by atoms with Crippen molar-refractivity contribution in [1.29, 1.82) is 0 Å². The molecule has 0 aliphatic rings. The van der Waals surface area contributed by atoms with Gasteiger partial charge in [-0.1, -0.05) is 51.1 Å². The predicted molar refractivity (Wildman–Crippen MR) is 82.1 cm³/mol. The van der Waals surface area contributed by atoms with Gasteiger partial charge in [-0.25, -0.2) is 0 Å². The van der Waals surface area contributed by atoms with Gasteiger partial charge in [0.2, 0.25) is 5.91 Å². The molecule has 2 atom stereocenters. The van der Waals surface area contributed by atoms with Crippen molar-refractivity contribution >= 4 is 11.9 Å². The van der Waals surface area contributed by atoms with Gasteiger partial charge in [0.25, 0.3) is 0 Å². The van der Waals surface area contributed by atoms with Crippen molar-refractivity contribution in [2.45, 2.75) is 32.7 Å². The lowest BCUT2D eigenvalue weighted by molar-refractivity contribution is -0.140. The third-order valence-corrected chi connectivity index (χ3v) is 3.39. The molecule has 116 valence electrons. The Bertz CT molecular complexity index is 460. The van der Waals surface area contributed by atoms with Gasteiger partial charge in [-0.05, 0) is 17.4 Å². The molecule has 0 spiro atoms. The number of rotatable bonds is 8. The maximum Gasteiger partial charge on any atom is 0.320 e. The van der Waals surface area contributed by atoms with Crippen LogP contribution in [0.4, 0.5) is 0 Å². The summed E-state index contributed by atoms with van der Waals surface area (Å²) in [7, 11) is 0. The van der Waals surface area contributed by atoms with Gasteiger partial charge in [-0.2, -0.15) is 0 Å². The maximum atomic E-state index is 11.8. The monoisotopic (exact) mass is 292 g/mol. The van der Waals surface area contributed by atoms with Crippen molar-refractivity contribution in [3.05, 3.63) is 35.9 Å². The van der Waals surface area contributed by atoms with Crippen LogP contribution in [0.1, 0.15) is 32.3 Å². The van der Waals surface area contributed by atoms with Crippen LogP contribution in [-0.2, 0) is 9.59 Å². The minimum atomic E-state index is -0.935. The third-order valence-electron chi connectivity index (χ3n) is 3.39. The molecule has 1 amide bonds. The van der Waals surface area contributed by atoms with Crippen LogP contribution in [0.2, 0.25) is 0 Å². The second-order valence-electron chi connectivity index (χ2n) is 5.56. The predicted octanol–water partition coefficient (Wildman–Crippen LogP) is 1.61. The average Bonchev–Trinajstić information content (AvgIpc) is 2.45. The van der Waals surface area contributed by atoms with Crippen LogP contribution in [0.5, 0.6) is 0 Å². The summed E-state index contributed by atoms with van der Waals surface area (Å²) >= 11 is 0. The Kier molecular flexibility index (Phi) is 6.88. The van der Waals surface area contributed by atoms with Crippen LogP contribution in [0, 0.1) is 5.92 Å². The first-order chi connectivity index (χ1) is 9.91. The van der Waals surface area contributed by atoms with Crippen LogP contribution in [-0.4, -0.2) is 36.1 Å². The molecular weight excluding hydrogens is 268 g/mol. The van der Waals surface area contributed by atoms with Gasteiger partial charge in [0, 0.05) is 6.54 Å². The Hall–Kier alpha value is -1.88. The number of hydrogen-bond acceptors (Lipinski definition) is 3. The van der Waals surface area contributed by atoms with Crippen molar-refractivity contribution in [2.75, 3.05) is 13.1 Å². The topological polar surface area (TPSA) is 78.4 Å². The fraction of sp³-hybridized carbons (Fsp3) is 0.500. The number of amides is 1. The molecule has 0 aliphatic heterocycles. The van der Waals surface area contributed by atoms with E-state index in [0.29, 0.717) is 6.54 Å². The molecule has 5 nitrogen and oxygen atoms in total. The van der Waals surface area contributed by atoms with Gasteiger partial charge in [0.15, 0.2) is 0 Å². The van der Waals surface area contributed by atoms with E-state index < -0.39 is 12.0 Å². The van der Waals surface area contributed by atoms with Crippen molar-refractivity contribution in [2.24, 2.45) is 5.92 Å². The van der Waals surface area contributed by atoms with E-state index in [1.807, 2.05) is 37.3 Å². The lowest BCUT2D eigenvalue weighted by Crippen LogP contribution is -2.46. The molecule has 1 aromatic rings. The SMILES string of the molecule is CC(CNC(=O)CNC(C(=O)O)C(C)C)c1ccccc1. The summed E-state index contributed by atoms with van der Waals surface area (Å²) in [6.07, 6.45) is 0. The standard InChI is InChI=1S/C16H24N2O3/c1-11(2)15(16(20)21)18-10-14(19)17-9-12(3)13-7-5-4-6-8-13/h4-8,11-12,15,18H,9-10H2,1-3H3,(H,17,19)(H,20,21). The van der Waals surface area contributed by atoms with Crippen molar-refractivity contribution < 1.29 is 14.7 Å². The van der Waals surface area contributed by atoms with Crippen molar-refractivity contribution in [1.82, 2.24) is 10.6 Å². The molecule has 1 aromatic carbocycles. The Morgan fingerprint density at radius 1 is 1.14 bits per heavy atom. The Morgan fingerprint density at radius 2 is 1.76 bits per heavy atom. The summed E-state index contributed by atoms with van der Waals surface area (Å²) in [5, 5.41) is 14.6. The fourth-order valence-electron chi connectivity index (χ4n) is 2.04. The molecule has 0 bridgehead atoms. The van der Waals surface area contributed by atoms with E-state index in [0.717, 1.165) is 5.56 Å². The van der Waals surface area contributed by atoms with Crippen LogP contribution < -0.4 is 10.6 Å². The van der Waals surface area contributed by atoms with E-state index in [2.05, 4.69) is 10.6 Å². The lowest BCUT2D eigenvalue weighted by atomic mass is 10.0. The Labute approximate surface area is 125 Å². The number of nitrogens with one attached hydrogen (secondary N) is 2. The molecule has 0 heterocycles. The van der Waals surface area contributed by atoms with Crippen LogP contribution in [0.25, 0.3) is 0 Å². The highest BCUT2D eigenvalue weighted by molar-refractivity contribution is 5.80. The van der Waals surface area contributed by atoms with Gasteiger partial charge < -0.3 is 10.4 Å². The largest absolute Gasteiger partial charge is 0.480 e. The second-order valence-corrected chi connectivity index (χ2v) is 5.56. The summed E-state index contributed by atoms with van der Waals surface area (Å²) < 4.78 is 0. The summed E-state index contributed by atoms with van der Waals surface area (Å²) in [5.74, 6) is -0.978. The van der Waals surface area contributed by atoms with Crippen LogP contribution >= 0.6 is 0 Å². The highest BCUT2D eigenvalue weighted by Crippen LogP contribution is 2.12. The molecule has 0 fully saturated rings. The van der Waals surface area contributed by atoms with E-state index in [9.17, 15) is 9.59 Å². The normalized spacial score (nSPS) is 13.7. The molecule has 0 saturated carbocycles. The Balaban J connectivity index is 2.36. The molecule has 2 unspecified atom stereocenters. The van der Waals surface area contributed by atoms with E-state index in [-0.39, 0.29) is 24.3 Å². The molecule has 5 heteroatoms. The number of aliphatic carboxylic acids is 1. The number of carboxylic acids is 1. The number of carbonyl (C=O) groups excluding carboxylic acids is 1. The zero-order chi connectivity index (χ0) is 15.8. The van der Waals surface area contributed by atoms with E-state index >= 15 is 0 Å². The van der Waals surface area contributed by atoms with Gasteiger partial charge in [0.05, 0.1) is 6.54 Å². The minimum Gasteiger partial charge on any atom is -0.480 e. The molecular formula is C16H24N2O3. The number of hydrogen-bond donors (Lipinski definition) is 3. The van der Waals surface area contributed by atoms with E-state index in [1.54, 1.807) is 13.8 Å². The third kappa shape index (κ3) is 5.95. The number of carboxylic acid groups (broad SMARTS) is 1. The van der Waals surface area contributed by atoms with Crippen molar-refractivity contribution in [3.8, 4) is 0 Å². The average molecular weight is 292 g/mol. The van der Waals surface area contributed by atoms with Gasteiger partial charge in [-0.3, -0.25) is 14.9 Å². The molecule has 0 radical (unpaired) electrons. The van der Waals surface area contributed by atoms with Crippen molar-refractivity contribution in [3.63, 3.8) is 0 Å². The molecule has 21 heavy (non-hydrogen) atoms. The fourth-order valence-corrected chi connectivity index (χ4v) is 2.04. The molecule has 0 saturated heterocycles. The summed E-state index contributed by atoms with van der Waals surface area (Å²) in [5.41, 5.74) is 1.16. The summed E-state index contributed by atoms with van der Waals surface area (Å²) in [6.45, 7) is 6.19. The maximum absolute atomic E-state index is 11.8. The Morgan fingerprint density at radius 3 is 2.29 bits per heavy atom. The van der Waals surface area contributed by atoms with Crippen LogP contribution in [0.3, 0.4) is 0 Å². The smallest absolute Gasteiger partial charge is 0.320 e. The zero-order valence-corrected chi connectivity index (χ0v) is 12.8. The zero-order valence-electron chi connectivity index (χ0n) is 12.8. The molecule has 3 N–H and O–H groups in total. The van der Waals surface area contributed by atoms with Crippen LogP contribution in [0.15, 0.2) is 30.3 Å². The molecule has 0 aliphatic carbocycles. The van der Waals surface area contributed by atoms with Gasteiger partial charge in [-0.15, -0.1) is 0 Å². The first kappa shape index (κ1) is 17.2. The second kappa shape index (κ2) is 8.42. The van der Waals surface area contributed by atoms with Gasteiger partial charge >= 0.3 is 5.97 Å². The van der Waals surface area contributed by atoms with Gasteiger partial charge in [0.1, 0.15) is 6.04 Å².